The summed E-state index contributed by atoms with van der Waals surface area (Å²) in [5.41, 5.74) is 2.58. The van der Waals surface area contributed by atoms with Crippen LogP contribution in [0.25, 0.3) is 4.91 Å². The van der Waals surface area contributed by atoms with Gasteiger partial charge in [-0.1, -0.05) is 48.9 Å². The highest BCUT2D eigenvalue weighted by atomic mass is 32.2. The summed E-state index contributed by atoms with van der Waals surface area (Å²) in [6, 6.07) is 13.5. The lowest BCUT2D eigenvalue weighted by atomic mass is 9.94. The summed E-state index contributed by atoms with van der Waals surface area (Å²) in [6.07, 6.45) is 1.61. The molecule has 2 aromatic rings. The van der Waals surface area contributed by atoms with Gasteiger partial charge in [0.1, 0.15) is 16.6 Å². The second kappa shape index (κ2) is 8.86. The molecule has 0 unspecified atom stereocenters. The van der Waals surface area contributed by atoms with Crippen molar-refractivity contribution in [2.24, 2.45) is 10.3 Å². The molecule has 168 valence electrons. The SMILES string of the molecule is CCC1=C(c2ccc(C)cc2)S(=O)(=O)N=C1N1CCC(C(=O)Nc2ccccc2F)CC1. The van der Waals surface area contributed by atoms with Gasteiger partial charge in [0, 0.05) is 24.6 Å². The second-order valence-corrected chi connectivity index (χ2v) is 9.69. The van der Waals surface area contributed by atoms with Crippen molar-refractivity contribution >= 4 is 32.4 Å². The van der Waals surface area contributed by atoms with Crippen LogP contribution in [0.15, 0.2) is 58.5 Å². The lowest BCUT2D eigenvalue weighted by molar-refractivity contribution is -0.121. The van der Waals surface area contributed by atoms with E-state index in [2.05, 4.69) is 9.71 Å². The van der Waals surface area contributed by atoms with Gasteiger partial charge in [0.15, 0.2) is 0 Å². The number of amides is 1. The molecule has 2 aliphatic heterocycles. The van der Waals surface area contributed by atoms with Gasteiger partial charge in [-0.25, -0.2) is 4.39 Å². The molecule has 0 aromatic heterocycles. The van der Waals surface area contributed by atoms with E-state index in [1.54, 1.807) is 12.1 Å². The quantitative estimate of drug-likeness (QED) is 0.744. The van der Waals surface area contributed by atoms with Crippen LogP contribution in [0, 0.1) is 18.7 Å². The predicted octanol–water partition coefficient (Wildman–Crippen LogP) is 4.35. The van der Waals surface area contributed by atoms with Gasteiger partial charge in [-0.05, 0) is 43.9 Å². The molecule has 1 N–H and O–H groups in total. The minimum absolute atomic E-state index is 0.171. The van der Waals surface area contributed by atoms with E-state index < -0.39 is 15.8 Å². The van der Waals surface area contributed by atoms with E-state index in [1.165, 1.54) is 12.1 Å². The van der Waals surface area contributed by atoms with Crippen LogP contribution >= 0.6 is 0 Å². The molecule has 1 amide bonds. The van der Waals surface area contributed by atoms with Crippen LogP contribution in [0.4, 0.5) is 10.1 Å². The number of hydrogen-bond acceptors (Lipinski definition) is 4. The molecule has 0 atom stereocenters. The van der Waals surface area contributed by atoms with Crippen LogP contribution in [0.1, 0.15) is 37.3 Å². The summed E-state index contributed by atoms with van der Waals surface area (Å²) in [6.45, 7) is 4.90. The average Bonchev–Trinajstić information content (AvgIpc) is 3.06. The van der Waals surface area contributed by atoms with Gasteiger partial charge in [-0.2, -0.15) is 8.42 Å². The van der Waals surface area contributed by atoms with Gasteiger partial charge in [-0.3, -0.25) is 4.79 Å². The van der Waals surface area contributed by atoms with E-state index in [4.69, 9.17) is 0 Å². The van der Waals surface area contributed by atoms with Crippen molar-refractivity contribution in [2.45, 2.75) is 33.1 Å². The normalized spacial score (nSPS) is 18.6. The van der Waals surface area contributed by atoms with Crippen LogP contribution < -0.4 is 5.32 Å². The van der Waals surface area contributed by atoms with E-state index in [9.17, 15) is 17.6 Å². The Balaban J connectivity index is 1.50. The Labute approximate surface area is 187 Å². The number of hydrogen-bond donors (Lipinski definition) is 1. The molecule has 2 aliphatic rings. The predicted molar refractivity (Wildman–Crippen MR) is 124 cm³/mol. The number of halogens is 1. The number of carbonyl (C=O) groups is 1. The molecule has 2 aromatic carbocycles. The second-order valence-electron chi connectivity index (χ2n) is 8.15. The highest BCUT2D eigenvalue weighted by molar-refractivity contribution is 8.00. The van der Waals surface area contributed by atoms with Gasteiger partial charge in [0.05, 0.1) is 5.69 Å². The average molecular weight is 456 g/mol. The fourth-order valence-corrected chi connectivity index (χ4v) is 5.74. The zero-order chi connectivity index (χ0) is 22.9. The summed E-state index contributed by atoms with van der Waals surface area (Å²) in [7, 11) is -3.78. The van der Waals surface area contributed by atoms with Crippen molar-refractivity contribution in [3.63, 3.8) is 0 Å². The molecule has 0 spiro atoms. The Morgan fingerprint density at radius 2 is 1.78 bits per heavy atom. The van der Waals surface area contributed by atoms with Crippen LogP contribution in [0.2, 0.25) is 0 Å². The molecular formula is C24H26FN3O3S. The van der Waals surface area contributed by atoms with E-state index in [0.717, 1.165) is 5.56 Å². The standard InChI is InChI=1S/C24H26FN3O3S/c1-3-19-22(17-10-8-16(2)9-11-17)32(30,31)27-23(19)28-14-12-18(13-15-28)24(29)26-21-7-5-4-6-20(21)25/h4-11,18H,3,12-15H2,1-2H3,(H,26,29). The molecule has 0 saturated carbocycles. The first-order valence-electron chi connectivity index (χ1n) is 10.8. The van der Waals surface area contributed by atoms with Crippen LogP contribution in [0.5, 0.6) is 0 Å². The maximum Gasteiger partial charge on any atom is 0.285 e. The maximum atomic E-state index is 13.8. The number of anilines is 1. The van der Waals surface area contributed by atoms with Crippen molar-refractivity contribution in [1.29, 1.82) is 0 Å². The molecule has 32 heavy (non-hydrogen) atoms. The van der Waals surface area contributed by atoms with Crippen molar-refractivity contribution in [3.8, 4) is 0 Å². The first-order chi connectivity index (χ1) is 15.3. The van der Waals surface area contributed by atoms with Crippen molar-refractivity contribution in [1.82, 2.24) is 4.90 Å². The van der Waals surface area contributed by atoms with Crippen LogP contribution in [-0.2, 0) is 14.8 Å². The van der Waals surface area contributed by atoms with Gasteiger partial charge >= 0.3 is 0 Å². The van der Waals surface area contributed by atoms with Crippen LogP contribution in [-0.4, -0.2) is 38.2 Å². The number of nitrogens with zero attached hydrogens (tertiary/aromatic N) is 2. The summed E-state index contributed by atoms with van der Waals surface area (Å²) in [4.78, 5) is 14.8. The van der Waals surface area contributed by atoms with E-state index in [-0.39, 0.29) is 22.4 Å². The number of carbonyl (C=O) groups excluding carboxylic acids is 1. The molecule has 6 nitrogen and oxygen atoms in total. The van der Waals surface area contributed by atoms with Crippen molar-refractivity contribution < 1.29 is 17.6 Å². The van der Waals surface area contributed by atoms with Crippen molar-refractivity contribution in [3.05, 3.63) is 71.0 Å². The van der Waals surface area contributed by atoms with E-state index in [0.29, 0.717) is 49.3 Å². The number of para-hydroxylation sites is 1. The van der Waals surface area contributed by atoms with E-state index >= 15 is 0 Å². The Morgan fingerprint density at radius 1 is 1.12 bits per heavy atom. The van der Waals surface area contributed by atoms with Crippen LogP contribution in [0.3, 0.4) is 0 Å². The number of likely N-dealkylation sites (tertiary alicyclic amines) is 1. The zero-order valence-electron chi connectivity index (χ0n) is 18.1. The molecule has 4 rings (SSSR count). The minimum atomic E-state index is -3.78. The summed E-state index contributed by atoms with van der Waals surface area (Å²) in [5.74, 6) is -0.473. The minimum Gasteiger partial charge on any atom is -0.356 e. The lowest BCUT2D eigenvalue weighted by Crippen LogP contribution is -2.41. The van der Waals surface area contributed by atoms with Gasteiger partial charge < -0.3 is 10.2 Å². The summed E-state index contributed by atoms with van der Waals surface area (Å²) >= 11 is 0. The van der Waals surface area contributed by atoms with E-state index in [1.807, 2.05) is 43.0 Å². The number of sulfonamides is 1. The fourth-order valence-electron chi connectivity index (χ4n) is 4.22. The fraction of sp³-hybridized carbons (Fsp3) is 0.333. The Bertz CT molecular complexity index is 1200. The molecule has 0 radical (unpaired) electrons. The lowest BCUT2D eigenvalue weighted by Gasteiger charge is -2.33. The Hall–Kier alpha value is -3.00. The summed E-state index contributed by atoms with van der Waals surface area (Å²) in [5, 5.41) is 2.66. The first-order valence-corrected chi connectivity index (χ1v) is 12.2. The third-order valence-electron chi connectivity index (χ3n) is 5.97. The molecule has 8 heteroatoms. The number of amidine groups is 1. The smallest absolute Gasteiger partial charge is 0.285 e. The maximum absolute atomic E-state index is 13.8. The molecule has 2 heterocycles. The first kappa shape index (κ1) is 22.2. The molecule has 1 saturated heterocycles. The number of benzene rings is 2. The number of aryl methyl sites for hydroxylation is 1. The van der Waals surface area contributed by atoms with Gasteiger partial charge in [0.2, 0.25) is 5.91 Å². The highest BCUT2D eigenvalue weighted by Crippen LogP contribution is 2.36. The highest BCUT2D eigenvalue weighted by Gasteiger charge is 2.36. The third-order valence-corrected chi connectivity index (χ3v) is 7.38. The number of piperidine rings is 1. The zero-order valence-corrected chi connectivity index (χ0v) is 19.0. The topological polar surface area (TPSA) is 78.8 Å². The molecule has 0 aliphatic carbocycles. The number of nitrogens with one attached hydrogen (secondary N) is 1. The monoisotopic (exact) mass is 455 g/mol. The number of rotatable bonds is 4. The van der Waals surface area contributed by atoms with Gasteiger partial charge in [-0.15, -0.1) is 4.40 Å². The van der Waals surface area contributed by atoms with Gasteiger partial charge in [0.25, 0.3) is 10.0 Å². The third kappa shape index (κ3) is 4.32. The molecule has 0 bridgehead atoms. The Kier molecular flexibility index (Phi) is 6.15. The van der Waals surface area contributed by atoms with Crippen molar-refractivity contribution in [2.75, 3.05) is 18.4 Å². The molecular weight excluding hydrogens is 429 g/mol. The summed E-state index contributed by atoms with van der Waals surface area (Å²) < 4.78 is 43.8. The largest absolute Gasteiger partial charge is 0.356 e. The molecule has 1 fully saturated rings. The Morgan fingerprint density at radius 3 is 2.41 bits per heavy atom.